The molecule has 40 heavy (non-hydrogen) atoms. The average Bonchev–Trinajstić information content (AvgIpc) is 2.97. The lowest BCUT2D eigenvalue weighted by molar-refractivity contribution is 0.0954. The van der Waals surface area contributed by atoms with E-state index in [0.717, 1.165) is 5.56 Å². The Bertz CT molecular complexity index is 1440. The Morgan fingerprint density at radius 2 is 1.40 bits per heavy atom. The lowest BCUT2D eigenvalue weighted by atomic mass is 10.2. The highest BCUT2D eigenvalue weighted by atomic mass is 19.1. The molecule has 4 aromatic rings. The van der Waals surface area contributed by atoms with E-state index in [2.05, 4.69) is 10.5 Å². The Balaban J connectivity index is 1.39. The molecular formula is C32H31FN2O5. The van der Waals surface area contributed by atoms with E-state index in [4.69, 9.17) is 18.9 Å². The second kappa shape index (κ2) is 14.3. The van der Waals surface area contributed by atoms with Crippen LogP contribution in [0.25, 0.3) is 0 Å². The third-order valence-electron chi connectivity index (χ3n) is 5.73. The van der Waals surface area contributed by atoms with Crippen molar-refractivity contribution < 1.29 is 28.1 Å². The molecule has 206 valence electrons. The van der Waals surface area contributed by atoms with Gasteiger partial charge in [-0.05, 0) is 67.4 Å². The van der Waals surface area contributed by atoms with Crippen LogP contribution in [0, 0.1) is 5.82 Å². The van der Waals surface area contributed by atoms with Crippen LogP contribution in [0.3, 0.4) is 0 Å². The molecule has 0 aliphatic heterocycles. The Morgan fingerprint density at radius 1 is 0.750 bits per heavy atom. The van der Waals surface area contributed by atoms with Gasteiger partial charge < -0.3 is 18.9 Å². The van der Waals surface area contributed by atoms with Crippen LogP contribution in [0.4, 0.5) is 4.39 Å². The predicted molar refractivity (Wildman–Crippen MR) is 152 cm³/mol. The summed E-state index contributed by atoms with van der Waals surface area (Å²) in [6, 6.07) is 26.5. The minimum Gasteiger partial charge on any atom is -0.490 e. The summed E-state index contributed by atoms with van der Waals surface area (Å²) in [5, 5.41) is 4.09. The van der Waals surface area contributed by atoms with E-state index < -0.39 is 5.91 Å². The zero-order valence-electron chi connectivity index (χ0n) is 22.4. The van der Waals surface area contributed by atoms with E-state index in [1.807, 2.05) is 44.2 Å². The van der Waals surface area contributed by atoms with Crippen molar-refractivity contribution in [1.82, 2.24) is 5.43 Å². The minimum absolute atomic E-state index is 0.0655. The summed E-state index contributed by atoms with van der Waals surface area (Å²) in [5.41, 5.74) is 5.06. The molecule has 0 fully saturated rings. The number of nitrogens with one attached hydrogen (secondary N) is 1. The van der Waals surface area contributed by atoms with E-state index in [1.54, 1.807) is 54.6 Å². The Hall–Kier alpha value is -4.85. The molecule has 0 atom stereocenters. The van der Waals surface area contributed by atoms with Crippen LogP contribution < -0.4 is 24.4 Å². The van der Waals surface area contributed by atoms with Crippen LogP contribution >= 0.6 is 0 Å². The zero-order valence-corrected chi connectivity index (χ0v) is 22.4. The van der Waals surface area contributed by atoms with Gasteiger partial charge >= 0.3 is 0 Å². The number of hydrazone groups is 1. The van der Waals surface area contributed by atoms with E-state index in [9.17, 15) is 9.18 Å². The van der Waals surface area contributed by atoms with Gasteiger partial charge in [-0.25, -0.2) is 9.82 Å². The number of ether oxygens (including phenoxy) is 4. The number of rotatable bonds is 13. The second-order valence-corrected chi connectivity index (χ2v) is 8.59. The lowest BCUT2D eigenvalue weighted by Crippen LogP contribution is -2.17. The molecule has 7 nitrogen and oxygen atoms in total. The number of amides is 1. The predicted octanol–water partition coefficient (Wildman–Crippen LogP) is 6.55. The molecule has 0 saturated heterocycles. The number of hydrogen-bond donors (Lipinski definition) is 1. The summed E-state index contributed by atoms with van der Waals surface area (Å²) in [6.07, 6.45) is 1.50. The summed E-state index contributed by atoms with van der Waals surface area (Å²) in [5.74, 6) is 1.25. The largest absolute Gasteiger partial charge is 0.490 e. The number of carbonyl (C=O) groups is 1. The molecule has 0 spiro atoms. The van der Waals surface area contributed by atoms with Crippen molar-refractivity contribution in [3.8, 4) is 23.0 Å². The first kappa shape index (κ1) is 28.2. The average molecular weight is 543 g/mol. The van der Waals surface area contributed by atoms with Gasteiger partial charge in [0.05, 0.1) is 19.4 Å². The van der Waals surface area contributed by atoms with Crippen molar-refractivity contribution in [2.24, 2.45) is 5.10 Å². The molecule has 0 bridgehead atoms. The van der Waals surface area contributed by atoms with Crippen molar-refractivity contribution in [1.29, 1.82) is 0 Å². The normalized spacial score (nSPS) is 10.8. The maximum Gasteiger partial charge on any atom is 0.271 e. The van der Waals surface area contributed by atoms with Gasteiger partial charge in [-0.15, -0.1) is 0 Å². The van der Waals surface area contributed by atoms with Crippen LogP contribution in [0.1, 0.15) is 40.9 Å². The fourth-order valence-corrected chi connectivity index (χ4v) is 3.77. The van der Waals surface area contributed by atoms with Crippen LogP contribution in [-0.2, 0) is 13.2 Å². The van der Waals surface area contributed by atoms with E-state index in [0.29, 0.717) is 59.5 Å². The molecule has 8 heteroatoms. The molecule has 1 N–H and O–H groups in total. The van der Waals surface area contributed by atoms with Crippen molar-refractivity contribution in [3.63, 3.8) is 0 Å². The number of nitrogens with zero attached hydrogens (tertiary/aromatic N) is 1. The van der Waals surface area contributed by atoms with Gasteiger partial charge in [-0.1, -0.05) is 48.5 Å². The van der Waals surface area contributed by atoms with Gasteiger partial charge in [-0.2, -0.15) is 5.10 Å². The number of hydrogen-bond acceptors (Lipinski definition) is 6. The first-order valence-corrected chi connectivity index (χ1v) is 13.0. The van der Waals surface area contributed by atoms with Crippen LogP contribution in [0.5, 0.6) is 23.0 Å². The van der Waals surface area contributed by atoms with Crippen LogP contribution in [-0.4, -0.2) is 25.3 Å². The van der Waals surface area contributed by atoms with Gasteiger partial charge in [0, 0.05) is 11.1 Å². The highest BCUT2D eigenvalue weighted by molar-refractivity contribution is 5.95. The monoisotopic (exact) mass is 542 g/mol. The Kier molecular flexibility index (Phi) is 10.1. The molecule has 0 saturated carbocycles. The quantitative estimate of drug-likeness (QED) is 0.153. The molecule has 4 rings (SSSR count). The van der Waals surface area contributed by atoms with Crippen molar-refractivity contribution in [3.05, 3.63) is 119 Å². The summed E-state index contributed by atoms with van der Waals surface area (Å²) >= 11 is 0. The van der Waals surface area contributed by atoms with Gasteiger partial charge in [0.25, 0.3) is 5.91 Å². The number of benzene rings is 4. The maximum absolute atomic E-state index is 13.9. The van der Waals surface area contributed by atoms with Gasteiger partial charge in [-0.3, -0.25) is 4.79 Å². The van der Waals surface area contributed by atoms with E-state index in [-0.39, 0.29) is 12.4 Å². The molecular weight excluding hydrogens is 511 g/mol. The van der Waals surface area contributed by atoms with Crippen LogP contribution in [0.2, 0.25) is 0 Å². The summed E-state index contributed by atoms with van der Waals surface area (Å²) in [6.45, 7) is 5.01. The Labute approximate surface area is 233 Å². The molecule has 0 radical (unpaired) electrons. The summed E-state index contributed by atoms with van der Waals surface area (Å²) in [4.78, 5) is 12.8. The molecule has 0 aliphatic carbocycles. The maximum atomic E-state index is 13.9. The molecule has 0 aliphatic rings. The smallest absolute Gasteiger partial charge is 0.271 e. The third kappa shape index (κ3) is 7.83. The summed E-state index contributed by atoms with van der Waals surface area (Å²) in [7, 11) is 0. The standard InChI is InChI=1S/C32H31FN2O5/c1-3-37-30-18-24(14-16-28(30)40-22-26-12-8-9-13-27(26)33)20-34-35-32(36)25-15-17-29(31(19-25)38-4-2)39-21-23-10-6-5-7-11-23/h5-20H,3-4,21-22H2,1-2H3,(H,35,36)/b34-20+. The van der Waals surface area contributed by atoms with Gasteiger partial charge in [0.2, 0.25) is 0 Å². The summed E-state index contributed by atoms with van der Waals surface area (Å²) < 4.78 is 37.0. The van der Waals surface area contributed by atoms with E-state index in [1.165, 1.54) is 12.3 Å². The van der Waals surface area contributed by atoms with E-state index >= 15 is 0 Å². The highest BCUT2D eigenvalue weighted by Crippen LogP contribution is 2.30. The molecule has 0 unspecified atom stereocenters. The van der Waals surface area contributed by atoms with Crippen molar-refractivity contribution >= 4 is 12.1 Å². The van der Waals surface area contributed by atoms with Crippen LogP contribution in [0.15, 0.2) is 96.1 Å². The van der Waals surface area contributed by atoms with Crippen molar-refractivity contribution in [2.45, 2.75) is 27.1 Å². The molecule has 1 amide bonds. The van der Waals surface area contributed by atoms with Crippen molar-refractivity contribution in [2.75, 3.05) is 13.2 Å². The molecule has 0 heterocycles. The minimum atomic E-state index is -0.401. The number of carbonyl (C=O) groups excluding carboxylic acids is 1. The highest BCUT2D eigenvalue weighted by Gasteiger charge is 2.12. The first-order chi connectivity index (χ1) is 19.6. The third-order valence-corrected chi connectivity index (χ3v) is 5.73. The molecule has 0 aromatic heterocycles. The SMILES string of the molecule is CCOc1cc(C(=O)N/N=C/c2ccc(OCc3ccccc3F)c(OCC)c2)ccc1OCc1ccccc1. The second-order valence-electron chi connectivity index (χ2n) is 8.59. The van der Waals surface area contributed by atoms with Gasteiger partial charge in [0.1, 0.15) is 19.0 Å². The fourth-order valence-electron chi connectivity index (χ4n) is 3.77. The van der Waals surface area contributed by atoms with Gasteiger partial charge in [0.15, 0.2) is 23.0 Å². The topological polar surface area (TPSA) is 78.4 Å². The fraction of sp³-hybridized carbons (Fsp3) is 0.188. The zero-order chi connectivity index (χ0) is 28.2. The number of halogens is 1. The lowest BCUT2D eigenvalue weighted by Gasteiger charge is -2.13. The first-order valence-electron chi connectivity index (χ1n) is 13.0. The molecule has 4 aromatic carbocycles. The Morgan fingerprint density at radius 3 is 2.12 bits per heavy atom.